The Morgan fingerprint density at radius 2 is 1.78 bits per heavy atom. The molecule has 0 spiro atoms. The molecule has 2 aromatic carbocycles. The van der Waals surface area contributed by atoms with Crippen molar-refractivity contribution in [3.63, 3.8) is 0 Å². The number of benzene rings is 2. The molecule has 11 heteroatoms. The first-order chi connectivity index (χ1) is 15.5. The van der Waals surface area contributed by atoms with E-state index >= 15 is 0 Å². The number of hydrogen-bond donors (Lipinski definition) is 1. The van der Waals surface area contributed by atoms with Gasteiger partial charge in [-0.05, 0) is 30.3 Å². The Hall–Kier alpha value is -4.25. The normalized spacial score (nSPS) is 10.3. The molecule has 11 nitrogen and oxygen atoms in total. The molecule has 1 aromatic heterocycles. The van der Waals surface area contributed by atoms with E-state index in [-0.39, 0.29) is 36.3 Å². The van der Waals surface area contributed by atoms with E-state index in [0.717, 1.165) is 6.07 Å². The zero-order chi connectivity index (χ0) is 22.9. The zero-order valence-corrected chi connectivity index (χ0v) is 17.3. The fourth-order valence-corrected chi connectivity index (χ4v) is 2.64. The Labute approximate surface area is 183 Å². The summed E-state index contributed by atoms with van der Waals surface area (Å²) in [7, 11) is 2.88. The molecule has 1 N–H and O–H groups in total. The Balaban J connectivity index is 1.78. The third kappa shape index (κ3) is 5.67. The molecule has 0 fully saturated rings. The molecule has 0 bridgehead atoms. The number of anilines is 1. The number of nitrogens with one attached hydrogen (secondary N) is 1. The van der Waals surface area contributed by atoms with E-state index in [2.05, 4.69) is 15.3 Å². The van der Waals surface area contributed by atoms with E-state index in [0.29, 0.717) is 11.4 Å². The molecule has 0 unspecified atom stereocenters. The number of carbonyl (C=O) groups is 1. The summed E-state index contributed by atoms with van der Waals surface area (Å²) in [5.41, 5.74) is -0.189. The summed E-state index contributed by atoms with van der Waals surface area (Å²) in [6.45, 7) is 0.452. The summed E-state index contributed by atoms with van der Waals surface area (Å²) in [5.74, 6) is 0.0961. The number of aromatic nitrogens is 2. The van der Waals surface area contributed by atoms with Crippen LogP contribution in [0.1, 0.15) is 10.4 Å². The van der Waals surface area contributed by atoms with Gasteiger partial charge < -0.3 is 24.3 Å². The number of methoxy groups -OCH3 is 2. The molecule has 1 heterocycles. The minimum atomic E-state index is -0.682. The quantitative estimate of drug-likeness (QED) is 0.285. The maximum Gasteiger partial charge on any atom is 0.321 e. The van der Waals surface area contributed by atoms with Crippen LogP contribution in [0, 0.1) is 10.1 Å². The maximum absolute atomic E-state index is 12.8. The van der Waals surface area contributed by atoms with Crippen molar-refractivity contribution < 1.29 is 28.7 Å². The first-order valence-electron chi connectivity index (χ1n) is 9.36. The lowest BCUT2D eigenvalue weighted by Crippen LogP contribution is -2.15. The third-order valence-corrected chi connectivity index (χ3v) is 4.13. The SMILES string of the molecule is COCCOc1cc([N+](=O)[O-])c(C(=O)Nc2ccc(Oc3ncccn3)cc2)cc1OC. The molecule has 0 radical (unpaired) electrons. The number of nitro groups is 1. The molecule has 32 heavy (non-hydrogen) atoms. The van der Waals surface area contributed by atoms with Gasteiger partial charge >= 0.3 is 6.01 Å². The first-order valence-corrected chi connectivity index (χ1v) is 9.36. The molecule has 166 valence electrons. The van der Waals surface area contributed by atoms with Crippen LogP contribution in [-0.2, 0) is 4.74 Å². The monoisotopic (exact) mass is 440 g/mol. The molecular formula is C21H20N4O7. The van der Waals surface area contributed by atoms with Gasteiger partial charge in [-0.2, -0.15) is 0 Å². The second-order valence-corrected chi connectivity index (χ2v) is 6.23. The van der Waals surface area contributed by atoms with Crippen LogP contribution in [0.25, 0.3) is 0 Å². The maximum atomic E-state index is 12.8. The smallest absolute Gasteiger partial charge is 0.321 e. The average molecular weight is 440 g/mol. The van der Waals surface area contributed by atoms with Crippen LogP contribution in [0.5, 0.6) is 23.3 Å². The van der Waals surface area contributed by atoms with E-state index in [1.807, 2.05) is 0 Å². The van der Waals surface area contributed by atoms with Crippen molar-refractivity contribution in [2.75, 3.05) is 32.8 Å². The van der Waals surface area contributed by atoms with Crippen LogP contribution in [0.15, 0.2) is 54.9 Å². The molecule has 0 saturated heterocycles. The van der Waals surface area contributed by atoms with Gasteiger partial charge in [0.2, 0.25) is 0 Å². The number of ether oxygens (including phenoxy) is 4. The molecule has 0 aliphatic carbocycles. The van der Waals surface area contributed by atoms with E-state index in [1.165, 1.54) is 20.3 Å². The summed E-state index contributed by atoms with van der Waals surface area (Å²) < 4.78 is 21.1. The third-order valence-electron chi connectivity index (χ3n) is 4.13. The van der Waals surface area contributed by atoms with Crippen LogP contribution in [0.3, 0.4) is 0 Å². The van der Waals surface area contributed by atoms with Crippen molar-refractivity contribution >= 4 is 17.3 Å². The van der Waals surface area contributed by atoms with Gasteiger partial charge in [0.25, 0.3) is 11.6 Å². The van der Waals surface area contributed by atoms with Crippen molar-refractivity contribution in [2.45, 2.75) is 0 Å². The number of nitro benzene ring substituents is 1. The van der Waals surface area contributed by atoms with Gasteiger partial charge in [-0.3, -0.25) is 14.9 Å². The van der Waals surface area contributed by atoms with E-state index in [9.17, 15) is 14.9 Å². The molecular weight excluding hydrogens is 420 g/mol. The lowest BCUT2D eigenvalue weighted by Gasteiger charge is -2.13. The second-order valence-electron chi connectivity index (χ2n) is 6.23. The number of carbonyl (C=O) groups excluding carboxylic acids is 1. The van der Waals surface area contributed by atoms with Crippen LogP contribution in [-0.4, -0.2) is 48.2 Å². The summed E-state index contributed by atoms with van der Waals surface area (Å²) >= 11 is 0. The van der Waals surface area contributed by atoms with Crippen molar-refractivity contribution in [3.05, 3.63) is 70.5 Å². The fraction of sp³-hybridized carbons (Fsp3) is 0.190. The van der Waals surface area contributed by atoms with Gasteiger partial charge in [-0.15, -0.1) is 0 Å². The van der Waals surface area contributed by atoms with Crippen LogP contribution in [0.4, 0.5) is 11.4 Å². The molecule has 0 aliphatic rings. The Morgan fingerprint density at radius 3 is 2.41 bits per heavy atom. The molecule has 3 aromatic rings. The zero-order valence-electron chi connectivity index (χ0n) is 17.3. The molecule has 0 aliphatic heterocycles. The highest BCUT2D eigenvalue weighted by Gasteiger charge is 2.25. The average Bonchev–Trinajstić information content (AvgIpc) is 2.80. The second kappa shape index (κ2) is 10.7. The summed E-state index contributed by atoms with van der Waals surface area (Å²) in [4.78, 5) is 31.6. The Morgan fingerprint density at radius 1 is 1.06 bits per heavy atom. The molecule has 1 amide bonds. The van der Waals surface area contributed by atoms with Gasteiger partial charge in [-0.1, -0.05) is 0 Å². The van der Waals surface area contributed by atoms with E-state index < -0.39 is 16.5 Å². The molecule has 3 rings (SSSR count). The van der Waals surface area contributed by atoms with E-state index in [1.54, 1.807) is 42.7 Å². The van der Waals surface area contributed by atoms with Gasteiger partial charge in [-0.25, -0.2) is 9.97 Å². The standard InChI is InChI=1S/C21H20N4O7/c1-29-10-11-31-19-13-17(25(27)28)16(12-18(19)30-2)20(26)24-14-4-6-15(7-5-14)32-21-22-8-3-9-23-21/h3-9,12-13H,10-11H2,1-2H3,(H,24,26). The highest BCUT2D eigenvalue weighted by atomic mass is 16.6. The lowest BCUT2D eigenvalue weighted by atomic mass is 10.1. The van der Waals surface area contributed by atoms with Crippen LogP contribution in [0.2, 0.25) is 0 Å². The van der Waals surface area contributed by atoms with Gasteiger partial charge in [0.15, 0.2) is 11.5 Å². The van der Waals surface area contributed by atoms with Crippen molar-refractivity contribution in [1.29, 1.82) is 0 Å². The largest absolute Gasteiger partial charge is 0.493 e. The minimum Gasteiger partial charge on any atom is -0.493 e. The van der Waals surface area contributed by atoms with Gasteiger partial charge in [0.05, 0.1) is 24.7 Å². The number of nitrogens with zero attached hydrogens (tertiary/aromatic N) is 3. The number of rotatable bonds is 10. The van der Waals surface area contributed by atoms with Crippen molar-refractivity contribution in [3.8, 4) is 23.3 Å². The number of hydrogen-bond acceptors (Lipinski definition) is 9. The predicted molar refractivity (Wildman–Crippen MR) is 114 cm³/mol. The highest BCUT2D eigenvalue weighted by Crippen LogP contribution is 2.35. The first kappa shape index (κ1) is 22.4. The topological polar surface area (TPSA) is 135 Å². The predicted octanol–water partition coefficient (Wildman–Crippen LogP) is 3.46. The van der Waals surface area contributed by atoms with Gasteiger partial charge in [0.1, 0.15) is 17.9 Å². The Kier molecular flexibility index (Phi) is 7.49. The van der Waals surface area contributed by atoms with Gasteiger partial charge in [0, 0.05) is 31.3 Å². The molecule has 0 saturated carbocycles. The summed E-state index contributed by atoms with van der Waals surface area (Å²) in [6, 6.07) is 10.6. The van der Waals surface area contributed by atoms with Crippen LogP contribution >= 0.6 is 0 Å². The van der Waals surface area contributed by atoms with Crippen molar-refractivity contribution in [1.82, 2.24) is 9.97 Å². The summed E-state index contributed by atoms with van der Waals surface area (Å²) in [5, 5.41) is 14.2. The van der Waals surface area contributed by atoms with Crippen LogP contribution < -0.4 is 19.5 Å². The number of amides is 1. The Bertz CT molecular complexity index is 1080. The van der Waals surface area contributed by atoms with E-state index in [4.69, 9.17) is 18.9 Å². The lowest BCUT2D eigenvalue weighted by molar-refractivity contribution is -0.385. The molecule has 0 atom stereocenters. The summed E-state index contributed by atoms with van der Waals surface area (Å²) in [6.07, 6.45) is 3.10. The fourth-order valence-electron chi connectivity index (χ4n) is 2.64. The highest BCUT2D eigenvalue weighted by molar-refractivity contribution is 6.07. The minimum absolute atomic E-state index is 0.137. The van der Waals surface area contributed by atoms with Crippen molar-refractivity contribution in [2.24, 2.45) is 0 Å².